The highest BCUT2D eigenvalue weighted by atomic mass is 31.2. The van der Waals surface area contributed by atoms with Gasteiger partial charge in [-0.25, -0.2) is 4.57 Å². The van der Waals surface area contributed by atoms with E-state index in [1.165, 1.54) is 161 Å². The first-order valence-corrected chi connectivity index (χ1v) is 28.0. The highest BCUT2D eigenvalue weighted by molar-refractivity contribution is 7.47. The number of rotatable bonds is 46. The number of ether oxygens (including phenoxy) is 2. The first kappa shape index (κ1) is 61.1. The fourth-order valence-corrected chi connectivity index (χ4v) is 9.38. The third kappa shape index (κ3) is 33.5. The van der Waals surface area contributed by atoms with Crippen molar-refractivity contribution in [3.05, 3.63) is 12.2 Å². The van der Waals surface area contributed by atoms with Crippen LogP contribution in [0.5, 0.6) is 0 Å². The first-order valence-electron chi connectivity index (χ1n) is 26.5. The highest BCUT2D eigenvalue weighted by Crippen LogP contribution is 2.47. The van der Waals surface area contributed by atoms with Crippen LogP contribution in [0.2, 0.25) is 0 Å². The van der Waals surface area contributed by atoms with Crippen molar-refractivity contribution in [2.24, 2.45) is 0 Å². The Morgan fingerprint density at radius 3 is 1.23 bits per heavy atom. The molecular formula is C51H99O12P. The lowest BCUT2D eigenvalue weighted by Crippen LogP contribution is -2.64. The minimum absolute atomic E-state index is 0.0738. The Kier molecular flexibility index (Phi) is 40.3. The number of allylic oxidation sites excluding steroid dienone is 2. The van der Waals surface area contributed by atoms with Crippen molar-refractivity contribution in [1.82, 2.24) is 0 Å². The van der Waals surface area contributed by atoms with Gasteiger partial charge in [0.1, 0.15) is 42.7 Å². The summed E-state index contributed by atoms with van der Waals surface area (Å²) in [5, 5.41) is 50.3. The van der Waals surface area contributed by atoms with Crippen LogP contribution in [0.1, 0.15) is 245 Å². The molecule has 0 spiro atoms. The lowest BCUT2D eigenvalue weighted by molar-refractivity contribution is -0.220. The molecule has 64 heavy (non-hydrogen) atoms. The summed E-state index contributed by atoms with van der Waals surface area (Å²) in [6, 6.07) is 0. The van der Waals surface area contributed by atoms with E-state index in [1.807, 2.05) is 0 Å². The monoisotopic (exact) mass is 935 g/mol. The minimum atomic E-state index is -5.02. The molecule has 0 radical (unpaired) electrons. The van der Waals surface area contributed by atoms with E-state index in [1.54, 1.807) is 0 Å². The molecule has 6 N–H and O–H groups in total. The van der Waals surface area contributed by atoms with Crippen molar-refractivity contribution >= 4 is 13.8 Å². The van der Waals surface area contributed by atoms with E-state index in [0.29, 0.717) is 13.0 Å². The molecule has 0 saturated heterocycles. The maximum absolute atomic E-state index is 12.8. The van der Waals surface area contributed by atoms with Gasteiger partial charge in [0.05, 0.1) is 13.2 Å². The molecule has 1 saturated carbocycles. The van der Waals surface area contributed by atoms with E-state index in [9.17, 15) is 39.8 Å². The van der Waals surface area contributed by atoms with Gasteiger partial charge in [0.25, 0.3) is 0 Å². The van der Waals surface area contributed by atoms with Crippen LogP contribution in [0.25, 0.3) is 0 Å². The second kappa shape index (κ2) is 42.2. The van der Waals surface area contributed by atoms with Crippen molar-refractivity contribution < 1.29 is 58.3 Å². The van der Waals surface area contributed by atoms with Crippen LogP contribution in [0.15, 0.2) is 12.2 Å². The van der Waals surface area contributed by atoms with Gasteiger partial charge in [-0.1, -0.05) is 212 Å². The molecule has 12 nitrogen and oxygen atoms in total. The topological polar surface area (TPSA) is 192 Å². The van der Waals surface area contributed by atoms with E-state index < -0.39 is 63.1 Å². The predicted octanol–water partition coefficient (Wildman–Crippen LogP) is 11.9. The molecule has 6 unspecified atom stereocenters. The largest absolute Gasteiger partial charge is 0.472 e. The van der Waals surface area contributed by atoms with Gasteiger partial charge in [-0.05, 0) is 38.5 Å². The number of aliphatic hydroxyl groups is 5. The van der Waals surface area contributed by atoms with Gasteiger partial charge >= 0.3 is 13.8 Å². The Hall–Kier alpha value is -0.920. The first-order chi connectivity index (χ1) is 31.0. The molecule has 13 heteroatoms. The third-order valence-electron chi connectivity index (χ3n) is 12.6. The fraction of sp³-hybridized carbons (Fsp3) is 0.941. The Morgan fingerprint density at radius 1 is 0.484 bits per heavy atom. The zero-order valence-corrected chi connectivity index (χ0v) is 41.7. The SMILES string of the molecule is CCCCCCC/C=C\CCCCCCCC(=O)OC(COCCCCCCCCCCCCCCCCCCCCCCCCC)COP(=O)(O)OC1C(O)C(O)C(O)C(O)C1O. The molecule has 0 aliphatic heterocycles. The lowest BCUT2D eigenvalue weighted by Gasteiger charge is -2.41. The number of esters is 1. The Bertz CT molecular complexity index is 1110. The predicted molar refractivity (Wildman–Crippen MR) is 258 cm³/mol. The van der Waals surface area contributed by atoms with Crippen LogP contribution in [0.4, 0.5) is 0 Å². The summed E-state index contributed by atoms with van der Waals surface area (Å²) in [4.78, 5) is 23.2. The van der Waals surface area contributed by atoms with Crippen LogP contribution in [0.3, 0.4) is 0 Å². The molecule has 6 atom stereocenters. The Labute approximate surface area is 390 Å². The number of hydrogen-bond donors (Lipinski definition) is 6. The summed E-state index contributed by atoms with van der Waals surface area (Å²) in [5.41, 5.74) is 0. The number of unbranched alkanes of at least 4 members (excludes halogenated alkanes) is 32. The van der Waals surface area contributed by atoms with E-state index in [0.717, 1.165) is 57.8 Å². The average Bonchev–Trinajstić information content (AvgIpc) is 3.28. The molecule has 0 aromatic carbocycles. The number of aliphatic hydroxyl groups excluding tert-OH is 5. The zero-order valence-electron chi connectivity index (χ0n) is 40.9. The van der Waals surface area contributed by atoms with E-state index in [-0.39, 0.29) is 13.0 Å². The summed E-state index contributed by atoms with van der Waals surface area (Å²) in [7, 11) is -5.02. The highest BCUT2D eigenvalue weighted by Gasteiger charge is 2.51. The van der Waals surface area contributed by atoms with Gasteiger partial charge in [-0.3, -0.25) is 13.8 Å². The van der Waals surface area contributed by atoms with Crippen LogP contribution in [0, 0.1) is 0 Å². The molecule has 380 valence electrons. The maximum atomic E-state index is 12.8. The van der Waals surface area contributed by atoms with Crippen molar-refractivity contribution in [3.8, 4) is 0 Å². The number of hydrogen-bond acceptors (Lipinski definition) is 11. The summed E-state index contributed by atoms with van der Waals surface area (Å²) < 4.78 is 34.3. The molecule has 0 aromatic rings. The number of phosphoric ester groups is 1. The van der Waals surface area contributed by atoms with Gasteiger partial charge in [0, 0.05) is 13.0 Å². The summed E-state index contributed by atoms with van der Waals surface area (Å²) >= 11 is 0. The van der Waals surface area contributed by atoms with Gasteiger partial charge < -0.3 is 39.9 Å². The van der Waals surface area contributed by atoms with E-state index in [4.69, 9.17) is 18.5 Å². The van der Waals surface area contributed by atoms with Crippen molar-refractivity contribution in [3.63, 3.8) is 0 Å². The normalized spacial score (nSPS) is 21.7. The molecule has 0 amide bonds. The standard InChI is InChI=1S/C51H99O12P/c1-3-5-7-9-11-13-15-17-19-20-21-22-23-24-25-26-27-29-31-33-35-37-39-41-60-42-44(43-61-64(58,59)63-51-49(56)47(54)46(53)48(55)50(51)57)62-45(52)40-38-36-34-32-30-28-18-16-14-12-10-8-6-4-2/h16,18,44,46-51,53-57H,3-15,17,19-43H2,1-2H3,(H,58,59)/b18-16-. The summed E-state index contributed by atoms with van der Waals surface area (Å²) in [6.07, 6.45) is 35.7. The Morgan fingerprint density at radius 2 is 0.828 bits per heavy atom. The number of phosphoric acid groups is 1. The molecular weight excluding hydrogens is 836 g/mol. The molecule has 0 aromatic heterocycles. The quantitative estimate of drug-likeness (QED) is 0.0147. The lowest BCUT2D eigenvalue weighted by atomic mass is 9.85. The second-order valence-electron chi connectivity index (χ2n) is 18.7. The van der Waals surface area contributed by atoms with Gasteiger partial charge in [-0.2, -0.15) is 0 Å². The van der Waals surface area contributed by atoms with E-state index >= 15 is 0 Å². The van der Waals surface area contributed by atoms with Gasteiger partial charge in [0.2, 0.25) is 0 Å². The fourth-order valence-electron chi connectivity index (χ4n) is 8.41. The molecule has 0 heterocycles. The molecule has 0 bridgehead atoms. The smallest absolute Gasteiger partial charge is 0.457 e. The van der Waals surface area contributed by atoms with Gasteiger partial charge in [0.15, 0.2) is 0 Å². The van der Waals surface area contributed by atoms with Crippen LogP contribution >= 0.6 is 7.82 Å². The number of carbonyl (C=O) groups excluding carboxylic acids is 1. The van der Waals surface area contributed by atoms with Crippen molar-refractivity contribution in [2.75, 3.05) is 19.8 Å². The maximum Gasteiger partial charge on any atom is 0.472 e. The Balaban J connectivity index is 2.28. The molecule has 1 aliphatic carbocycles. The zero-order chi connectivity index (χ0) is 46.9. The van der Waals surface area contributed by atoms with Gasteiger partial charge in [-0.15, -0.1) is 0 Å². The van der Waals surface area contributed by atoms with Crippen molar-refractivity contribution in [1.29, 1.82) is 0 Å². The van der Waals surface area contributed by atoms with Crippen LogP contribution < -0.4 is 0 Å². The molecule has 1 aliphatic rings. The van der Waals surface area contributed by atoms with E-state index in [2.05, 4.69) is 26.0 Å². The van der Waals surface area contributed by atoms with Crippen molar-refractivity contribution in [2.45, 2.75) is 288 Å². The molecule has 1 fully saturated rings. The third-order valence-corrected chi connectivity index (χ3v) is 13.6. The van der Waals surface area contributed by atoms with Crippen LogP contribution in [-0.4, -0.2) is 98.9 Å². The van der Waals surface area contributed by atoms with Crippen LogP contribution in [-0.2, 0) is 27.9 Å². The average molecular weight is 935 g/mol. The molecule has 1 rings (SSSR count). The summed E-state index contributed by atoms with van der Waals surface area (Å²) in [5.74, 6) is -0.481. The summed E-state index contributed by atoms with van der Waals surface area (Å²) in [6.45, 7) is 4.29. The number of carbonyl (C=O) groups is 1. The minimum Gasteiger partial charge on any atom is -0.457 e. The second-order valence-corrected chi connectivity index (χ2v) is 20.1.